The first kappa shape index (κ1) is 19.2. The quantitative estimate of drug-likeness (QED) is 0.635. The smallest absolute Gasteiger partial charge is 0.224 e. The van der Waals surface area contributed by atoms with E-state index in [1.165, 1.54) is 12.5 Å². The summed E-state index contributed by atoms with van der Waals surface area (Å²) in [5.74, 6) is -0.193. The lowest BCUT2D eigenvalue weighted by atomic mass is 10.1. The van der Waals surface area contributed by atoms with Crippen molar-refractivity contribution >= 4 is 39.1 Å². The molecule has 2 aromatic carbocycles. The molecule has 0 saturated heterocycles. The summed E-state index contributed by atoms with van der Waals surface area (Å²) in [6, 6.07) is 13.8. The van der Waals surface area contributed by atoms with E-state index in [-0.39, 0.29) is 11.8 Å². The Labute approximate surface area is 157 Å². The highest BCUT2D eigenvalue weighted by molar-refractivity contribution is 9.10. The third kappa shape index (κ3) is 6.70. The van der Waals surface area contributed by atoms with Crippen molar-refractivity contribution in [2.45, 2.75) is 39.5 Å². The van der Waals surface area contributed by atoms with E-state index in [2.05, 4.69) is 38.7 Å². The maximum Gasteiger partial charge on any atom is 0.224 e. The van der Waals surface area contributed by atoms with Crippen molar-refractivity contribution in [3.05, 3.63) is 58.1 Å². The Morgan fingerprint density at radius 1 is 0.960 bits per heavy atom. The van der Waals surface area contributed by atoms with Crippen LogP contribution in [0.5, 0.6) is 0 Å². The van der Waals surface area contributed by atoms with Crippen LogP contribution in [0.25, 0.3) is 0 Å². The summed E-state index contributed by atoms with van der Waals surface area (Å²) in [6.07, 6.45) is 3.21. The average molecular weight is 403 g/mol. The predicted molar refractivity (Wildman–Crippen MR) is 106 cm³/mol. The maximum absolute atomic E-state index is 12.2. The number of rotatable bonds is 7. The molecule has 0 atom stereocenters. The topological polar surface area (TPSA) is 58.2 Å². The van der Waals surface area contributed by atoms with E-state index in [1.807, 2.05) is 31.2 Å². The van der Waals surface area contributed by atoms with Gasteiger partial charge in [0.25, 0.3) is 0 Å². The van der Waals surface area contributed by atoms with E-state index >= 15 is 0 Å². The first-order chi connectivity index (χ1) is 11.9. The molecule has 0 radical (unpaired) electrons. The second kappa shape index (κ2) is 9.37. The molecule has 0 saturated carbocycles. The molecule has 4 nitrogen and oxygen atoms in total. The number of anilines is 2. The fourth-order valence-corrected chi connectivity index (χ4v) is 2.80. The zero-order valence-corrected chi connectivity index (χ0v) is 16.2. The molecule has 0 aliphatic rings. The highest BCUT2D eigenvalue weighted by Crippen LogP contribution is 2.23. The number of hydrogen-bond acceptors (Lipinski definition) is 2. The van der Waals surface area contributed by atoms with Gasteiger partial charge in [0.15, 0.2) is 0 Å². The third-order valence-corrected chi connectivity index (χ3v) is 4.32. The fraction of sp³-hybridized carbons (Fsp3) is 0.300. The highest BCUT2D eigenvalue weighted by atomic mass is 79.9. The summed E-state index contributed by atoms with van der Waals surface area (Å²) < 4.78 is 1.07. The van der Waals surface area contributed by atoms with Crippen LogP contribution >= 0.6 is 15.9 Å². The molecular formula is C20H23BrN2O2. The number of benzene rings is 2. The number of amides is 2. The van der Waals surface area contributed by atoms with Crippen LogP contribution in [0.4, 0.5) is 11.4 Å². The summed E-state index contributed by atoms with van der Waals surface area (Å²) in [5, 5.41) is 5.64. The second-order valence-electron chi connectivity index (χ2n) is 6.11. The van der Waals surface area contributed by atoms with E-state index in [1.54, 1.807) is 6.07 Å². The molecule has 0 aromatic heterocycles. The molecule has 2 amide bonds. The number of hydrogen-bond donors (Lipinski definition) is 2. The van der Waals surface area contributed by atoms with Gasteiger partial charge in [0.05, 0.1) is 11.4 Å². The van der Waals surface area contributed by atoms with Crippen LogP contribution in [0.1, 0.15) is 37.3 Å². The molecule has 132 valence electrons. The first-order valence-electron chi connectivity index (χ1n) is 8.36. The molecule has 0 fully saturated rings. The molecule has 0 heterocycles. The lowest BCUT2D eigenvalue weighted by Crippen LogP contribution is -2.15. The zero-order valence-electron chi connectivity index (χ0n) is 14.6. The van der Waals surface area contributed by atoms with Crippen molar-refractivity contribution in [1.29, 1.82) is 0 Å². The van der Waals surface area contributed by atoms with Crippen LogP contribution in [0, 0.1) is 6.92 Å². The van der Waals surface area contributed by atoms with Gasteiger partial charge in [-0.3, -0.25) is 9.59 Å². The van der Waals surface area contributed by atoms with Gasteiger partial charge in [-0.25, -0.2) is 0 Å². The number of carbonyl (C=O) groups is 2. The number of halogens is 1. The Balaban J connectivity index is 1.82. The number of nitrogens with one attached hydrogen (secondary N) is 2. The summed E-state index contributed by atoms with van der Waals surface area (Å²) in [5.41, 5.74) is 3.57. The van der Waals surface area contributed by atoms with E-state index < -0.39 is 0 Å². The number of aryl methyl sites for hydroxylation is 2. The maximum atomic E-state index is 12.2. The molecule has 0 spiro atoms. The Bertz CT molecular complexity index is 742. The van der Waals surface area contributed by atoms with Crippen molar-refractivity contribution in [2.24, 2.45) is 0 Å². The van der Waals surface area contributed by atoms with Gasteiger partial charge < -0.3 is 10.6 Å². The van der Waals surface area contributed by atoms with Crippen molar-refractivity contribution in [1.82, 2.24) is 0 Å². The van der Waals surface area contributed by atoms with Crippen LogP contribution in [0.15, 0.2) is 46.9 Å². The largest absolute Gasteiger partial charge is 0.325 e. The highest BCUT2D eigenvalue weighted by Gasteiger charge is 2.08. The van der Waals surface area contributed by atoms with Gasteiger partial charge in [0.2, 0.25) is 11.8 Å². The summed E-state index contributed by atoms with van der Waals surface area (Å²) in [7, 11) is 0. The molecule has 0 aliphatic carbocycles. The van der Waals surface area contributed by atoms with Gasteiger partial charge in [-0.05, 0) is 61.6 Å². The Morgan fingerprint density at radius 2 is 1.68 bits per heavy atom. The minimum atomic E-state index is -0.158. The van der Waals surface area contributed by atoms with Gasteiger partial charge in [-0.15, -0.1) is 0 Å². The number of unbranched alkanes of at least 4 members (excludes halogenated alkanes) is 1. The second-order valence-corrected chi connectivity index (χ2v) is 7.03. The van der Waals surface area contributed by atoms with Gasteiger partial charge in [-0.2, -0.15) is 0 Å². The van der Waals surface area contributed by atoms with Crippen molar-refractivity contribution in [2.75, 3.05) is 10.6 Å². The lowest BCUT2D eigenvalue weighted by molar-refractivity contribution is -0.116. The summed E-state index contributed by atoms with van der Waals surface area (Å²) in [6.45, 7) is 3.40. The third-order valence-electron chi connectivity index (χ3n) is 3.79. The standard InChI is InChI=1S/C20H23BrN2O2/c1-14-7-12-18(22-15(2)24)19(13-14)23-20(25)6-4-3-5-16-8-10-17(21)11-9-16/h7-13H,3-6H2,1-2H3,(H,22,24)(H,23,25). The molecule has 2 rings (SSSR count). The van der Waals surface area contributed by atoms with Gasteiger partial charge >= 0.3 is 0 Å². The summed E-state index contributed by atoms with van der Waals surface area (Å²) in [4.78, 5) is 23.5. The molecular weight excluding hydrogens is 380 g/mol. The fourth-order valence-electron chi connectivity index (χ4n) is 2.54. The Hall–Kier alpha value is -2.14. The van der Waals surface area contributed by atoms with Gasteiger partial charge in [-0.1, -0.05) is 34.1 Å². The molecule has 5 heteroatoms. The molecule has 25 heavy (non-hydrogen) atoms. The van der Waals surface area contributed by atoms with Crippen LogP contribution in [-0.4, -0.2) is 11.8 Å². The van der Waals surface area contributed by atoms with Crippen LogP contribution in [0.3, 0.4) is 0 Å². The van der Waals surface area contributed by atoms with Crippen molar-refractivity contribution in [3.8, 4) is 0 Å². The van der Waals surface area contributed by atoms with E-state index in [0.717, 1.165) is 29.3 Å². The minimum absolute atomic E-state index is 0.0343. The van der Waals surface area contributed by atoms with Gasteiger partial charge in [0, 0.05) is 17.8 Å². The minimum Gasteiger partial charge on any atom is -0.325 e. The van der Waals surface area contributed by atoms with Gasteiger partial charge in [0.1, 0.15) is 0 Å². The SMILES string of the molecule is CC(=O)Nc1ccc(C)cc1NC(=O)CCCCc1ccc(Br)cc1. The van der Waals surface area contributed by atoms with E-state index in [0.29, 0.717) is 17.8 Å². The zero-order chi connectivity index (χ0) is 18.2. The normalized spacial score (nSPS) is 10.4. The molecule has 0 bridgehead atoms. The number of carbonyl (C=O) groups excluding carboxylic acids is 2. The monoisotopic (exact) mass is 402 g/mol. The molecule has 2 aromatic rings. The van der Waals surface area contributed by atoms with E-state index in [4.69, 9.17) is 0 Å². The lowest BCUT2D eigenvalue weighted by Gasteiger charge is -2.12. The Morgan fingerprint density at radius 3 is 2.36 bits per heavy atom. The van der Waals surface area contributed by atoms with Crippen molar-refractivity contribution < 1.29 is 9.59 Å². The summed E-state index contributed by atoms with van der Waals surface area (Å²) >= 11 is 3.42. The Kier molecular flexibility index (Phi) is 7.19. The molecule has 0 aliphatic heterocycles. The molecule has 2 N–H and O–H groups in total. The van der Waals surface area contributed by atoms with Crippen molar-refractivity contribution in [3.63, 3.8) is 0 Å². The average Bonchev–Trinajstić information content (AvgIpc) is 2.55. The van der Waals surface area contributed by atoms with Crippen LogP contribution < -0.4 is 10.6 Å². The van der Waals surface area contributed by atoms with Crippen LogP contribution in [-0.2, 0) is 16.0 Å². The van der Waals surface area contributed by atoms with Crippen LogP contribution in [0.2, 0.25) is 0 Å². The predicted octanol–water partition coefficient (Wildman–Crippen LogP) is 5.07. The molecule has 0 unspecified atom stereocenters. The van der Waals surface area contributed by atoms with E-state index in [9.17, 15) is 9.59 Å². The first-order valence-corrected chi connectivity index (χ1v) is 9.16.